The molecule has 0 unspecified atom stereocenters. The Labute approximate surface area is 123 Å². The maximum Gasteiger partial charge on any atom is 0.124 e. The molecule has 0 amide bonds. The van der Waals surface area contributed by atoms with Gasteiger partial charge in [0.1, 0.15) is 5.75 Å². The topological polar surface area (TPSA) is 59.9 Å². The molecule has 3 heteroatoms. The minimum absolute atomic E-state index is 0.189. The fourth-order valence-electron chi connectivity index (χ4n) is 2.66. The number of nitrogens with one attached hydrogen (secondary N) is 2. The highest BCUT2D eigenvalue weighted by molar-refractivity contribution is 6.00. The van der Waals surface area contributed by atoms with Gasteiger partial charge in [-0.05, 0) is 43.0 Å². The zero-order chi connectivity index (χ0) is 14.7. The Hall–Kier alpha value is -2.55. The maximum absolute atomic E-state index is 9.76. The van der Waals surface area contributed by atoms with Crippen LogP contribution in [0.1, 0.15) is 24.0 Å². The van der Waals surface area contributed by atoms with Crippen molar-refractivity contribution in [3.63, 3.8) is 0 Å². The number of fused-ring (bicyclic) bond motifs is 1. The summed E-state index contributed by atoms with van der Waals surface area (Å²) in [5.41, 5.74) is 3.57. The third-order valence-corrected chi connectivity index (χ3v) is 3.78. The van der Waals surface area contributed by atoms with Gasteiger partial charge >= 0.3 is 0 Å². The molecule has 0 bridgehead atoms. The minimum atomic E-state index is 0.189. The molecule has 1 heterocycles. The van der Waals surface area contributed by atoms with Crippen molar-refractivity contribution in [2.24, 2.45) is 0 Å². The van der Waals surface area contributed by atoms with Crippen LogP contribution in [0.2, 0.25) is 0 Å². The fourth-order valence-corrected chi connectivity index (χ4v) is 2.66. The summed E-state index contributed by atoms with van der Waals surface area (Å²) in [5.74, 6) is 0.189. The second-order valence-electron chi connectivity index (χ2n) is 5.21. The molecule has 3 aromatic rings. The van der Waals surface area contributed by atoms with Crippen LogP contribution in [0.15, 0.2) is 54.7 Å². The fraction of sp³-hybridized carbons (Fsp3) is 0.167. The number of phenolic OH excluding ortho intramolecular Hbond substituents is 1. The molecular formula is C18H18N2O. The van der Waals surface area contributed by atoms with E-state index in [-0.39, 0.29) is 5.75 Å². The van der Waals surface area contributed by atoms with Crippen LogP contribution in [0, 0.1) is 5.41 Å². The van der Waals surface area contributed by atoms with Crippen molar-refractivity contribution >= 4 is 16.6 Å². The largest absolute Gasteiger partial charge is 0.507 e. The Morgan fingerprint density at radius 1 is 1.05 bits per heavy atom. The first-order valence-corrected chi connectivity index (χ1v) is 7.16. The third kappa shape index (κ3) is 2.82. The smallest absolute Gasteiger partial charge is 0.124 e. The van der Waals surface area contributed by atoms with Gasteiger partial charge in [-0.25, -0.2) is 0 Å². The minimum Gasteiger partial charge on any atom is -0.507 e. The molecule has 0 radical (unpaired) electrons. The molecule has 0 aliphatic rings. The predicted molar refractivity (Wildman–Crippen MR) is 86.2 cm³/mol. The highest BCUT2D eigenvalue weighted by Crippen LogP contribution is 2.21. The van der Waals surface area contributed by atoms with Crippen LogP contribution in [0.4, 0.5) is 0 Å². The Kier molecular flexibility index (Phi) is 3.73. The molecule has 0 aliphatic heterocycles. The van der Waals surface area contributed by atoms with Crippen LogP contribution in [0.25, 0.3) is 10.9 Å². The highest BCUT2D eigenvalue weighted by atomic mass is 16.3. The molecule has 0 spiro atoms. The number of H-pyrrole nitrogens is 1. The predicted octanol–water partition coefficient (Wildman–Crippen LogP) is 4.26. The lowest BCUT2D eigenvalue weighted by atomic mass is 10.0. The first-order valence-electron chi connectivity index (χ1n) is 7.16. The summed E-state index contributed by atoms with van der Waals surface area (Å²) < 4.78 is 0. The van der Waals surface area contributed by atoms with Crippen LogP contribution >= 0.6 is 0 Å². The molecule has 3 N–H and O–H groups in total. The summed E-state index contributed by atoms with van der Waals surface area (Å²) in [6.07, 6.45) is 4.54. The van der Waals surface area contributed by atoms with E-state index in [2.05, 4.69) is 17.1 Å². The maximum atomic E-state index is 9.76. The van der Waals surface area contributed by atoms with Gasteiger partial charge in [0.25, 0.3) is 0 Å². The van der Waals surface area contributed by atoms with Crippen molar-refractivity contribution in [2.75, 3.05) is 0 Å². The number of aromatic nitrogens is 1. The molecular weight excluding hydrogens is 260 g/mol. The van der Waals surface area contributed by atoms with Crippen molar-refractivity contribution in [3.05, 3.63) is 65.9 Å². The average molecular weight is 278 g/mol. The summed E-state index contributed by atoms with van der Waals surface area (Å²) in [5, 5.41) is 19.1. The number of rotatable bonds is 5. The van der Waals surface area contributed by atoms with Crippen molar-refractivity contribution in [1.82, 2.24) is 4.98 Å². The second kappa shape index (κ2) is 5.83. The number of aromatic amines is 1. The second-order valence-corrected chi connectivity index (χ2v) is 5.21. The van der Waals surface area contributed by atoms with E-state index in [9.17, 15) is 5.11 Å². The summed E-state index contributed by atoms with van der Waals surface area (Å²) in [6.45, 7) is 0. The SMILES string of the molecule is N=C(CCCc1c[nH]c2ccccc12)c1ccccc1O. The molecule has 0 saturated carbocycles. The summed E-state index contributed by atoms with van der Waals surface area (Å²) >= 11 is 0. The van der Waals surface area contributed by atoms with Gasteiger partial charge in [0, 0.05) is 28.4 Å². The molecule has 3 rings (SSSR count). The van der Waals surface area contributed by atoms with Crippen molar-refractivity contribution in [2.45, 2.75) is 19.3 Å². The molecule has 0 aliphatic carbocycles. The lowest BCUT2D eigenvalue weighted by Gasteiger charge is -2.06. The van der Waals surface area contributed by atoms with Gasteiger partial charge < -0.3 is 15.5 Å². The number of aromatic hydroxyl groups is 1. The molecule has 1 aromatic heterocycles. The number of para-hydroxylation sites is 2. The Morgan fingerprint density at radius 2 is 1.81 bits per heavy atom. The zero-order valence-electron chi connectivity index (χ0n) is 11.8. The molecule has 2 aromatic carbocycles. The van der Waals surface area contributed by atoms with E-state index in [1.165, 1.54) is 10.9 Å². The summed E-state index contributed by atoms with van der Waals surface area (Å²) in [7, 11) is 0. The summed E-state index contributed by atoms with van der Waals surface area (Å²) in [4.78, 5) is 3.27. The van der Waals surface area contributed by atoms with Gasteiger partial charge in [0.05, 0.1) is 0 Å². The van der Waals surface area contributed by atoms with E-state index in [1.54, 1.807) is 18.2 Å². The van der Waals surface area contributed by atoms with Gasteiger partial charge in [-0.3, -0.25) is 0 Å². The van der Waals surface area contributed by atoms with Crippen LogP contribution in [0.5, 0.6) is 5.75 Å². The van der Waals surface area contributed by atoms with E-state index in [1.807, 2.05) is 24.4 Å². The average Bonchev–Trinajstić information content (AvgIpc) is 2.91. The van der Waals surface area contributed by atoms with Crippen LogP contribution < -0.4 is 0 Å². The van der Waals surface area contributed by atoms with Crippen molar-refractivity contribution in [1.29, 1.82) is 5.41 Å². The van der Waals surface area contributed by atoms with E-state index in [0.29, 0.717) is 17.7 Å². The Bertz CT molecular complexity index is 773. The van der Waals surface area contributed by atoms with Gasteiger partial charge in [0.15, 0.2) is 0 Å². The van der Waals surface area contributed by atoms with Gasteiger partial charge in [0.2, 0.25) is 0 Å². The molecule has 106 valence electrons. The van der Waals surface area contributed by atoms with Gasteiger partial charge in [-0.2, -0.15) is 0 Å². The van der Waals surface area contributed by atoms with Crippen LogP contribution in [0.3, 0.4) is 0 Å². The van der Waals surface area contributed by atoms with Crippen LogP contribution in [-0.4, -0.2) is 15.8 Å². The first kappa shape index (κ1) is 13.4. The van der Waals surface area contributed by atoms with E-state index in [4.69, 9.17) is 5.41 Å². The Balaban J connectivity index is 1.64. The third-order valence-electron chi connectivity index (χ3n) is 3.78. The van der Waals surface area contributed by atoms with Crippen molar-refractivity contribution < 1.29 is 5.11 Å². The quantitative estimate of drug-likeness (QED) is 0.600. The van der Waals surface area contributed by atoms with E-state index in [0.717, 1.165) is 18.4 Å². The normalized spacial score (nSPS) is 10.9. The molecule has 21 heavy (non-hydrogen) atoms. The highest BCUT2D eigenvalue weighted by Gasteiger charge is 2.07. The number of phenols is 1. The Morgan fingerprint density at radius 3 is 2.67 bits per heavy atom. The molecule has 0 saturated heterocycles. The van der Waals surface area contributed by atoms with Gasteiger partial charge in [-0.1, -0.05) is 30.3 Å². The monoisotopic (exact) mass is 278 g/mol. The van der Waals surface area contributed by atoms with E-state index >= 15 is 0 Å². The molecule has 3 nitrogen and oxygen atoms in total. The standard InChI is InChI=1S/C18H18N2O/c19-16(15-8-2-4-11-18(15)21)9-5-6-13-12-20-17-10-3-1-7-14(13)17/h1-4,7-8,10-12,19-21H,5-6,9H2. The zero-order valence-corrected chi connectivity index (χ0v) is 11.8. The number of aryl methyl sites for hydroxylation is 1. The molecule has 0 fully saturated rings. The number of benzene rings is 2. The van der Waals surface area contributed by atoms with Crippen LogP contribution in [-0.2, 0) is 6.42 Å². The number of hydrogen-bond donors (Lipinski definition) is 3. The first-order chi connectivity index (χ1) is 10.3. The lowest BCUT2D eigenvalue weighted by molar-refractivity contribution is 0.474. The number of hydrogen-bond acceptors (Lipinski definition) is 2. The van der Waals surface area contributed by atoms with Gasteiger partial charge in [-0.15, -0.1) is 0 Å². The van der Waals surface area contributed by atoms with E-state index < -0.39 is 0 Å². The molecule has 0 atom stereocenters. The lowest BCUT2D eigenvalue weighted by Crippen LogP contribution is -2.00. The summed E-state index contributed by atoms with van der Waals surface area (Å²) in [6, 6.07) is 15.3. The van der Waals surface area contributed by atoms with Crippen molar-refractivity contribution in [3.8, 4) is 5.75 Å².